The molecule has 1 fully saturated rings. The predicted octanol–water partition coefficient (Wildman–Crippen LogP) is 3.30. The number of benzene rings is 2. The molecular weight excluding hydrogens is 356 g/mol. The van der Waals surface area contributed by atoms with Crippen LogP contribution in [0.3, 0.4) is 0 Å². The highest BCUT2D eigenvalue weighted by atomic mass is 35.5. The minimum atomic E-state index is -3.27. The van der Waals surface area contributed by atoms with Crippen molar-refractivity contribution in [1.29, 1.82) is 0 Å². The summed E-state index contributed by atoms with van der Waals surface area (Å²) in [6.45, 7) is 5.32. The minimum absolute atomic E-state index is 0.0724. The lowest BCUT2D eigenvalue weighted by atomic mass is 10.2. The second kappa shape index (κ2) is 7.87. The minimum Gasteiger partial charge on any atom is -0.296 e. The van der Waals surface area contributed by atoms with Gasteiger partial charge >= 0.3 is 0 Å². The standard InChI is InChI=1S/C19H23ClN2O2S/c1-16-4-2-6-18(12-16)15-25(23,24)22-10-8-21(9-11-22)14-17-5-3-7-19(20)13-17/h2-7,12-13H,8-11,14-15H2,1H3. The van der Waals surface area contributed by atoms with Crippen molar-refractivity contribution in [1.82, 2.24) is 9.21 Å². The van der Waals surface area contributed by atoms with Gasteiger partial charge in [0.15, 0.2) is 0 Å². The first-order valence-corrected chi connectivity index (χ1v) is 10.4. The largest absolute Gasteiger partial charge is 0.296 e. The molecule has 25 heavy (non-hydrogen) atoms. The number of sulfonamides is 1. The Morgan fingerprint density at radius 2 is 1.64 bits per heavy atom. The Hall–Kier alpha value is -1.40. The SMILES string of the molecule is Cc1cccc(CS(=O)(=O)N2CCN(Cc3cccc(Cl)c3)CC2)c1. The van der Waals surface area contributed by atoms with Gasteiger partial charge in [-0.05, 0) is 30.2 Å². The van der Waals surface area contributed by atoms with Gasteiger partial charge in [0.25, 0.3) is 0 Å². The molecule has 0 spiro atoms. The number of rotatable bonds is 5. The summed E-state index contributed by atoms with van der Waals surface area (Å²) in [5, 5.41) is 0.733. The van der Waals surface area contributed by atoms with Crippen LogP contribution in [0.5, 0.6) is 0 Å². The van der Waals surface area contributed by atoms with Crippen LogP contribution in [0, 0.1) is 6.92 Å². The first kappa shape index (κ1) is 18.4. The van der Waals surface area contributed by atoms with E-state index in [9.17, 15) is 8.42 Å². The van der Waals surface area contributed by atoms with Crippen LogP contribution in [0.25, 0.3) is 0 Å². The molecule has 0 N–H and O–H groups in total. The highest BCUT2D eigenvalue weighted by molar-refractivity contribution is 7.88. The summed E-state index contributed by atoms with van der Waals surface area (Å²) < 4.78 is 26.9. The Bertz CT molecular complexity index is 831. The van der Waals surface area contributed by atoms with Gasteiger partial charge in [-0.1, -0.05) is 53.6 Å². The van der Waals surface area contributed by atoms with Crippen molar-refractivity contribution in [3.8, 4) is 0 Å². The van der Waals surface area contributed by atoms with Crippen molar-refractivity contribution < 1.29 is 8.42 Å². The van der Waals surface area contributed by atoms with Crippen LogP contribution < -0.4 is 0 Å². The molecule has 0 radical (unpaired) electrons. The van der Waals surface area contributed by atoms with Crippen LogP contribution in [0.2, 0.25) is 5.02 Å². The lowest BCUT2D eigenvalue weighted by Gasteiger charge is -2.34. The molecule has 0 aromatic heterocycles. The molecule has 0 atom stereocenters. The monoisotopic (exact) mass is 378 g/mol. The smallest absolute Gasteiger partial charge is 0.218 e. The van der Waals surface area contributed by atoms with Crippen LogP contribution in [0.4, 0.5) is 0 Å². The second-order valence-electron chi connectivity index (χ2n) is 6.55. The van der Waals surface area contributed by atoms with Crippen LogP contribution in [-0.2, 0) is 22.3 Å². The van der Waals surface area contributed by atoms with E-state index in [2.05, 4.69) is 4.90 Å². The average molecular weight is 379 g/mol. The molecule has 2 aromatic rings. The average Bonchev–Trinajstić information content (AvgIpc) is 2.55. The first-order chi connectivity index (χ1) is 11.9. The number of halogens is 1. The van der Waals surface area contributed by atoms with E-state index in [1.54, 1.807) is 4.31 Å². The number of aryl methyl sites for hydroxylation is 1. The van der Waals surface area contributed by atoms with Crippen LogP contribution >= 0.6 is 11.6 Å². The molecule has 0 amide bonds. The number of hydrogen-bond donors (Lipinski definition) is 0. The molecule has 4 nitrogen and oxygen atoms in total. The van der Waals surface area contributed by atoms with E-state index < -0.39 is 10.0 Å². The Morgan fingerprint density at radius 3 is 2.32 bits per heavy atom. The Kier molecular flexibility index (Phi) is 5.79. The van der Waals surface area contributed by atoms with Gasteiger partial charge < -0.3 is 0 Å². The molecule has 1 aliphatic rings. The summed E-state index contributed by atoms with van der Waals surface area (Å²) in [7, 11) is -3.27. The van der Waals surface area contributed by atoms with E-state index in [4.69, 9.17) is 11.6 Å². The quantitative estimate of drug-likeness (QED) is 0.801. The molecule has 1 aliphatic heterocycles. The Labute approximate surface area is 155 Å². The molecule has 2 aromatic carbocycles. The van der Waals surface area contributed by atoms with Crippen molar-refractivity contribution in [2.75, 3.05) is 26.2 Å². The van der Waals surface area contributed by atoms with Crippen LogP contribution in [-0.4, -0.2) is 43.8 Å². The van der Waals surface area contributed by atoms with Gasteiger partial charge in [-0.15, -0.1) is 0 Å². The van der Waals surface area contributed by atoms with Crippen molar-refractivity contribution in [3.05, 3.63) is 70.2 Å². The lowest BCUT2D eigenvalue weighted by Crippen LogP contribution is -2.48. The summed E-state index contributed by atoms with van der Waals surface area (Å²) in [4.78, 5) is 2.27. The summed E-state index contributed by atoms with van der Waals surface area (Å²) >= 11 is 6.03. The molecule has 0 aliphatic carbocycles. The van der Waals surface area contributed by atoms with Gasteiger partial charge in [-0.3, -0.25) is 4.90 Å². The topological polar surface area (TPSA) is 40.6 Å². The van der Waals surface area contributed by atoms with Gasteiger partial charge in [-0.2, -0.15) is 4.31 Å². The Balaban J connectivity index is 1.57. The van der Waals surface area contributed by atoms with E-state index in [1.807, 2.05) is 55.5 Å². The molecule has 1 heterocycles. The second-order valence-corrected chi connectivity index (χ2v) is 8.96. The van der Waals surface area contributed by atoms with E-state index in [-0.39, 0.29) is 5.75 Å². The van der Waals surface area contributed by atoms with Crippen molar-refractivity contribution in [2.24, 2.45) is 0 Å². The molecule has 0 unspecified atom stereocenters. The fourth-order valence-corrected chi connectivity index (χ4v) is 4.88. The van der Waals surface area contributed by atoms with Crippen LogP contribution in [0.1, 0.15) is 16.7 Å². The lowest BCUT2D eigenvalue weighted by molar-refractivity contribution is 0.181. The molecule has 134 valence electrons. The fraction of sp³-hybridized carbons (Fsp3) is 0.368. The number of piperazine rings is 1. The Morgan fingerprint density at radius 1 is 0.960 bits per heavy atom. The van der Waals surface area contributed by atoms with E-state index >= 15 is 0 Å². The normalized spacial score (nSPS) is 16.9. The maximum absolute atomic E-state index is 12.7. The van der Waals surface area contributed by atoms with Crippen molar-refractivity contribution in [3.63, 3.8) is 0 Å². The predicted molar refractivity (Wildman–Crippen MR) is 102 cm³/mol. The third-order valence-electron chi connectivity index (χ3n) is 4.45. The van der Waals surface area contributed by atoms with Crippen LogP contribution in [0.15, 0.2) is 48.5 Å². The summed E-state index contributed by atoms with van der Waals surface area (Å²) in [6, 6.07) is 15.5. The maximum Gasteiger partial charge on any atom is 0.218 e. The van der Waals surface area contributed by atoms with E-state index in [1.165, 1.54) is 0 Å². The molecular formula is C19H23ClN2O2S. The zero-order valence-electron chi connectivity index (χ0n) is 14.4. The van der Waals surface area contributed by atoms with Crippen molar-refractivity contribution >= 4 is 21.6 Å². The van der Waals surface area contributed by atoms with E-state index in [0.29, 0.717) is 13.1 Å². The van der Waals surface area contributed by atoms with E-state index in [0.717, 1.165) is 41.3 Å². The van der Waals surface area contributed by atoms with Gasteiger partial charge in [-0.25, -0.2) is 8.42 Å². The highest BCUT2D eigenvalue weighted by Crippen LogP contribution is 2.17. The number of nitrogens with zero attached hydrogens (tertiary/aromatic N) is 2. The highest BCUT2D eigenvalue weighted by Gasteiger charge is 2.27. The third kappa shape index (κ3) is 5.05. The van der Waals surface area contributed by atoms with Gasteiger partial charge in [0.2, 0.25) is 10.0 Å². The van der Waals surface area contributed by atoms with Gasteiger partial charge in [0.1, 0.15) is 0 Å². The molecule has 1 saturated heterocycles. The zero-order chi connectivity index (χ0) is 17.9. The van der Waals surface area contributed by atoms with Gasteiger partial charge in [0, 0.05) is 37.7 Å². The molecule has 3 rings (SSSR count). The van der Waals surface area contributed by atoms with Crippen molar-refractivity contribution in [2.45, 2.75) is 19.2 Å². The maximum atomic E-state index is 12.7. The van der Waals surface area contributed by atoms with Gasteiger partial charge in [0.05, 0.1) is 5.75 Å². The molecule has 0 bridgehead atoms. The zero-order valence-corrected chi connectivity index (χ0v) is 15.9. The third-order valence-corrected chi connectivity index (χ3v) is 6.54. The summed E-state index contributed by atoms with van der Waals surface area (Å²) in [5.41, 5.74) is 3.09. The molecule has 0 saturated carbocycles. The summed E-state index contributed by atoms with van der Waals surface area (Å²) in [6.07, 6.45) is 0. The molecule has 6 heteroatoms. The number of hydrogen-bond acceptors (Lipinski definition) is 3. The first-order valence-electron chi connectivity index (χ1n) is 8.42. The fourth-order valence-electron chi connectivity index (χ4n) is 3.16. The summed E-state index contributed by atoms with van der Waals surface area (Å²) in [5.74, 6) is 0.0724.